The zero-order valence-corrected chi connectivity index (χ0v) is 9.24. The summed E-state index contributed by atoms with van der Waals surface area (Å²) in [6, 6.07) is 0. The maximum atomic E-state index is 11.1. The van der Waals surface area contributed by atoms with Crippen LogP contribution < -0.4 is 5.32 Å². The van der Waals surface area contributed by atoms with E-state index in [-0.39, 0.29) is 11.1 Å². The van der Waals surface area contributed by atoms with Crippen LogP contribution in [0.4, 0.5) is 0 Å². The third kappa shape index (κ3) is 3.11. The summed E-state index contributed by atoms with van der Waals surface area (Å²) in [4.78, 5) is 11.1. The molecule has 0 aromatic rings. The standard InChI is InChI=1S/C11H21NO/c1-9(13)8-11(6-5-7-11)12-10(2,3)4/h12H,5-8H2,1-4H3. The Labute approximate surface area is 81.1 Å². The summed E-state index contributed by atoms with van der Waals surface area (Å²) in [6.45, 7) is 8.16. The minimum Gasteiger partial charge on any atom is -0.306 e. The molecule has 0 saturated heterocycles. The molecule has 0 spiro atoms. The van der Waals surface area contributed by atoms with Gasteiger partial charge in [0.25, 0.3) is 0 Å². The molecule has 2 heteroatoms. The molecule has 0 bridgehead atoms. The van der Waals surface area contributed by atoms with Crippen molar-refractivity contribution in [2.45, 2.75) is 64.5 Å². The van der Waals surface area contributed by atoms with Crippen LogP contribution in [0.1, 0.15) is 53.4 Å². The predicted molar refractivity (Wildman–Crippen MR) is 54.8 cm³/mol. The highest BCUT2D eigenvalue weighted by atomic mass is 16.1. The first kappa shape index (κ1) is 10.7. The maximum Gasteiger partial charge on any atom is 0.131 e. The van der Waals surface area contributed by atoms with Gasteiger partial charge < -0.3 is 5.32 Å². The maximum absolute atomic E-state index is 11.1. The topological polar surface area (TPSA) is 29.1 Å². The van der Waals surface area contributed by atoms with Gasteiger partial charge in [-0.1, -0.05) is 0 Å². The number of carbonyl (C=O) groups excluding carboxylic acids is 1. The Morgan fingerprint density at radius 3 is 2.15 bits per heavy atom. The molecule has 0 aromatic heterocycles. The van der Waals surface area contributed by atoms with Crippen molar-refractivity contribution in [3.63, 3.8) is 0 Å². The van der Waals surface area contributed by atoms with E-state index in [0.29, 0.717) is 12.2 Å². The number of Topliss-reactive ketones (excluding diaryl/α,β-unsaturated/α-hetero) is 1. The van der Waals surface area contributed by atoms with E-state index in [9.17, 15) is 4.79 Å². The fourth-order valence-electron chi connectivity index (χ4n) is 2.22. The molecule has 0 amide bonds. The Bertz CT molecular complexity index is 199. The molecule has 1 fully saturated rings. The van der Waals surface area contributed by atoms with Crippen LogP contribution in [0, 0.1) is 0 Å². The average molecular weight is 183 g/mol. The summed E-state index contributed by atoms with van der Waals surface area (Å²) < 4.78 is 0. The van der Waals surface area contributed by atoms with E-state index in [1.54, 1.807) is 6.92 Å². The quantitative estimate of drug-likeness (QED) is 0.727. The van der Waals surface area contributed by atoms with Crippen LogP contribution in [0.25, 0.3) is 0 Å². The fourth-order valence-corrected chi connectivity index (χ4v) is 2.22. The van der Waals surface area contributed by atoms with Crippen LogP contribution in [0.3, 0.4) is 0 Å². The van der Waals surface area contributed by atoms with Crippen molar-refractivity contribution in [1.82, 2.24) is 5.32 Å². The van der Waals surface area contributed by atoms with Gasteiger partial charge in [-0.05, 0) is 47.0 Å². The number of rotatable bonds is 3. The number of hydrogen-bond donors (Lipinski definition) is 1. The molecule has 0 unspecified atom stereocenters. The lowest BCUT2D eigenvalue weighted by Gasteiger charge is -2.46. The van der Waals surface area contributed by atoms with Crippen molar-refractivity contribution in [2.24, 2.45) is 0 Å². The molecule has 1 rings (SSSR count). The first-order valence-electron chi connectivity index (χ1n) is 5.12. The van der Waals surface area contributed by atoms with Crippen LogP contribution in [-0.2, 0) is 4.79 Å². The van der Waals surface area contributed by atoms with Gasteiger partial charge in [0.2, 0.25) is 0 Å². The van der Waals surface area contributed by atoms with E-state index in [0.717, 1.165) is 12.8 Å². The van der Waals surface area contributed by atoms with E-state index in [1.807, 2.05) is 0 Å². The molecule has 1 aliphatic rings. The molecule has 1 aliphatic carbocycles. The van der Waals surface area contributed by atoms with Crippen molar-refractivity contribution < 1.29 is 4.79 Å². The Morgan fingerprint density at radius 1 is 1.38 bits per heavy atom. The van der Waals surface area contributed by atoms with Crippen molar-refractivity contribution in [1.29, 1.82) is 0 Å². The summed E-state index contributed by atoms with van der Waals surface area (Å²) in [7, 11) is 0. The van der Waals surface area contributed by atoms with Crippen LogP contribution in [-0.4, -0.2) is 16.9 Å². The molecular formula is C11H21NO. The van der Waals surface area contributed by atoms with Gasteiger partial charge in [-0.2, -0.15) is 0 Å². The van der Waals surface area contributed by atoms with Crippen LogP contribution in [0.15, 0.2) is 0 Å². The van der Waals surface area contributed by atoms with Crippen molar-refractivity contribution in [2.75, 3.05) is 0 Å². The van der Waals surface area contributed by atoms with E-state index in [2.05, 4.69) is 26.1 Å². The smallest absolute Gasteiger partial charge is 0.131 e. The summed E-state index contributed by atoms with van der Waals surface area (Å²) in [6.07, 6.45) is 4.27. The molecular weight excluding hydrogens is 162 g/mol. The van der Waals surface area contributed by atoms with E-state index < -0.39 is 0 Å². The molecule has 2 nitrogen and oxygen atoms in total. The fraction of sp³-hybridized carbons (Fsp3) is 0.909. The second-order valence-electron chi connectivity index (χ2n) is 5.39. The first-order chi connectivity index (χ1) is 5.83. The molecule has 1 N–H and O–H groups in total. The first-order valence-corrected chi connectivity index (χ1v) is 5.12. The van der Waals surface area contributed by atoms with E-state index in [4.69, 9.17) is 0 Å². The largest absolute Gasteiger partial charge is 0.306 e. The third-order valence-electron chi connectivity index (χ3n) is 2.54. The molecule has 0 aliphatic heterocycles. The van der Waals surface area contributed by atoms with Crippen LogP contribution >= 0.6 is 0 Å². The summed E-state index contributed by atoms with van der Waals surface area (Å²) in [5, 5.41) is 3.58. The van der Waals surface area contributed by atoms with Gasteiger partial charge in [0.05, 0.1) is 0 Å². The molecule has 0 heterocycles. The average Bonchev–Trinajstić information content (AvgIpc) is 1.78. The van der Waals surface area contributed by atoms with Crippen LogP contribution in [0.5, 0.6) is 0 Å². The lowest BCUT2D eigenvalue weighted by atomic mass is 9.72. The van der Waals surface area contributed by atoms with Gasteiger partial charge in [-0.3, -0.25) is 4.79 Å². The number of nitrogens with one attached hydrogen (secondary N) is 1. The van der Waals surface area contributed by atoms with Gasteiger partial charge in [0.15, 0.2) is 0 Å². The SMILES string of the molecule is CC(=O)CC1(NC(C)(C)C)CCC1. The van der Waals surface area contributed by atoms with Gasteiger partial charge in [0, 0.05) is 17.5 Å². The lowest BCUT2D eigenvalue weighted by molar-refractivity contribution is -0.119. The Hall–Kier alpha value is -0.370. The minimum absolute atomic E-state index is 0.121. The second kappa shape index (κ2) is 3.41. The molecule has 0 atom stereocenters. The normalized spacial score (nSPS) is 20.9. The molecule has 13 heavy (non-hydrogen) atoms. The second-order valence-corrected chi connectivity index (χ2v) is 5.39. The van der Waals surface area contributed by atoms with Crippen molar-refractivity contribution in [3.8, 4) is 0 Å². The lowest BCUT2D eigenvalue weighted by Crippen LogP contribution is -2.58. The van der Waals surface area contributed by atoms with Crippen molar-refractivity contribution in [3.05, 3.63) is 0 Å². The monoisotopic (exact) mass is 183 g/mol. The van der Waals surface area contributed by atoms with Crippen molar-refractivity contribution >= 4 is 5.78 Å². The van der Waals surface area contributed by atoms with Gasteiger partial charge in [-0.25, -0.2) is 0 Å². The number of hydrogen-bond acceptors (Lipinski definition) is 2. The zero-order valence-electron chi connectivity index (χ0n) is 9.24. The van der Waals surface area contributed by atoms with E-state index >= 15 is 0 Å². The molecule has 76 valence electrons. The number of carbonyl (C=O) groups is 1. The third-order valence-corrected chi connectivity index (χ3v) is 2.54. The summed E-state index contributed by atoms with van der Waals surface area (Å²) in [5.41, 5.74) is 0.250. The number of ketones is 1. The highest BCUT2D eigenvalue weighted by Gasteiger charge is 2.40. The Morgan fingerprint density at radius 2 is 1.92 bits per heavy atom. The summed E-state index contributed by atoms with van der Waals surface area (Å²) in [5.74, 6) is 0.302. The molecule has 0 aromatic carbocycles. The summed E-state index contributed by atoms with van der Waals surface area (Å²) >= 11 is 0. The minimum atomic E-state index is 0.121. The highest BCUT2D eigenvalue weighted by molar-refractivity contribution is 5.77. The predicted octanol–water partition coefficient (Wildman–Crippen LogP) is 2.28. The molecule has 1 saturated carbocycles. The Balaban J connectivity index is 2.55. The van der Waals surface area contributed by atoms with Crippen LogP contribution in [0.2, 0.25) is 0 Å². The molecule has 0 radical (unpaired) electrons. The van der Waals surface area contributed by atoms with Gasteiger partial charge in [0.1, 0.15) is 5.78 Å². The zero-order chi connectivity index (χ0) is 10.1. The van der Waals surface area contributed by atoms with Gasteiger partial charge in [-0.15, -0.1) is 0 Å². The van der Waals surface area contributed by atoms with Gasteiger partial charge >= 0.3 is 0 Å². The van der Waals surface area contributed by atoms with E-state index in [1.165, 1.54) is 6.42 Å². The highest BCUT2D eigenvalue weighted by Crippen LogP contribution is 2.36. The Kier molecular flexibility index (Phi) is 2.81.